The third kappa shape index (κ3) is 3.31. The summed E-state index contributed by atoms with van der Waals surface area (Å²) in [6.45, 7) is 4.57. The number of carbonyl (C=O) groups is 1. The van der Waals surface area contributed by atoms with E-state index >= 15 is 0 Å². The van der Waals surface area contributed by atoms with Gasteiger partial charge in [0.25, 0.3) is 0 Å². The lowest BCUT2D eigenvalue weighted by Gasteiger charge is -2.24. The van der Waals surface area contributed by atoms with E-state index in [1.165, 1.54) is 0 Å². The molecule has 4 nitrogen and oxygen atoms in total. The van der Waals surface area contributed by atoms with Gasteiger partial charge in [-0.2, -0.15) is 0 Å². The Labute approximate surface area is 96.9 Å². The lowest BCUT2D eigenvalue weighted by atomic mass is 10.3. The molecule has 1 heterocycles. The Morgan fingerprint density at radius 2 is 1.88 bits per heavy atom. The molecule has 0 spiro atoms. The molecule has 0 bridgehead atoms. The Kier molecular flexibility index (Phi) is 4.43. The fourth-order valence-corrected chi connectivity index (χ4v) is 1.21. The molecule has 0 unspecified atom stereocenters. The van der Waals surface area contributed by atoms with Crippen molar-refractivity contribution in [3.05, 3.63) is 24.5 Å². The second-order valence-corrected chi connectivity index (χ2v) is 4.17. The van der Waals surface area contributed by atoms with Gasteiger partial charge in [0.05, 0.1) is 6.54 Å². The van der Waals surface area contributed by atoms with E-state index in [0.29, 0.717) is 12.6 Å². The monoisotopic (exact) mass is 221 g/mol. The smallest absolute Gasteiger partial charge is 0.240 e. The van der Waals surface area contributed by atoms with Crippen molar-refractivity contribution in [2.24, 2.45) is 0 Å². The van der Waals surface area contributed by atoms with Crippen molar-refractivity contribution in [3.8, 4) is 0 Å². The van der Waals surface area contributed by atoms with Crippen LogP contribution in [0.25, 0.3) is 0 Å². The van der Waals surface area contributed by atoms with E-state index in [2.05, 4.69) is 18.8 Å². The average Bonchev–Trinajstić information content (AvgIpc) is 2.28. The summed E-state index contributed by atoms with van der Waals surface area (Å²) in [6.07, 6.45) is 3.37. The summed E-state index contributed by atoms with van der Waals surface area (Å²) in [5.74, 6) is 0.0856. The second kappa shape index (κ2) is 5.61. The SMILES string of the molecule is CC(C)N(C)CC(=O)N(C)c1ccncc1. The first-order valence-electron chi connectivity index (χ1n) is 5.39. The van der Waals surface area contributed by atoms with Crippen LogP contribution in [0.4, 0.5) is 5.69 Å². The van der Waals surface area contributed by atoms with Crippen LogP contribution in [-0.2, 0) is 4.79 Å². The lowest BCUT2D eigenvalue weighted by Crippen LogP contribution is -2.39. The molecule has 0 saturated heterocycles. The van der Waals surface area contributed by atoms with Crippen molar-refractivity contribution in [3.63, 3.8) is 0 Å². The first-order chi connectivity index (χ1) is 7.52. The maximum absolute atomic E-state index is 11.9. The third-order valence-corrected chi connectivity index (χ3v) is 2.69. The molecule has 1 aromatic heterocycles. The van der Waals surface area contributed by atoms with Crippen LogP contribution >= 0.6 is 0 Å². The van der Waals surface area contributed by atoms with Crippen molar-refractivity contribution < 1.29 is 4.79 Å². The number of hydrogen-bond acceptors (Lipinski definition) is 3. The van der Waals surface area contributed by atoms with E-state index in [0.717, 1.165) is 5.69 Å². The summed E-state index contributed by atoms with van der Waals surface area (Å²) in [6, 6.07) is 4.02. The summed E-state index contributed by atoms with van der Waals surface area (Å²) in [7, 11) is 3.73. The van der Waals surface area contributed by atoms with Crippen molar-refractivity contribution in [2.75, 3.05) is 25.5 Å². The molecule has 0 aliphatic rings. The minimum Gasteiger partial charge on any atom is -0.314 e. The van der Waals surface area contributed by atoms with Gasteiger partial charge in [0.15, 0.2) is 0 Å². The molecule has 0 aliphatic heterocycles. The molecule has 88 valence electrons. The molecule has 4 heteroatoms. The van der Waals surface area contributed by atoms with E-state index in [4.69, 9.17) is 0 Å². The maximum atomic E-state index is 11.9. The molecule has 1 amide bonds. The second-order valence-electron chi connectivity index (χ2n) is 4.17. The van der Waals surface area contributed by atoms with Crippen molar-refractivity contribution in [2.45, 2.75) is 19.9 Å². The topological polar surface area (TPSA) is 36.4 Å². The van der Waals surface area contributed by atoms with Gasteiger partial charge in [-0.25, -0.2) is 0 Å². The molecular weight excluding hydrogens is 202 g/mol. The van der Waals surface area contributed by atoms with Crippen LogP contribution in [0.1, 0.15) is 13.8 Å². The van der Waals surface area contributed by atoms with Crippen LogP contribution < -0.4 is 4.90 Å². The normalized spacial score (nSPS) is 10.9. The first-order valence-corrected chi connectivity index (χ1v) is 5.39. The summed E-state index contributed by atoms with van der Waals surface area (Å²) in [5, 5.41) is 0. The Morgan fingerprint density at radius 3 is 2.38 bits per heavy atom. The Balaban J connectivity index is 2.62. The van der Waals surface area contributed by atoms with Crippen molar-refractivity contribution >= 4 is 11.6 Å². The molecule has 0 N–H and O–H groups in total. The van der Waals surface area contributed by atoms with Crippen LogP contribution in [0, 0.1) is 0 Å². The molecule has 0 aliphatic carbocycles. The van der Waals surface area contributed by atoms with E-state index in [1.54, 1.807) is 24.3 Å². The molecule has 0 fully saturated rings. The zero-order chi connectivity index (χ0) is 12.1. The molecule has 0 saturated carbocycles. The fourth-order valence-electron chi connectivity index (χ4n) is 1.21. The van der Waals surface area contributed by atoms with Crippen LogP contribution in [-0.4, -0.2) is 42.5 Å². The number of rotatable bonds is 4. The van der Waals surface area contributed by atoms with Crippen molar-refractivity contribution in [1.82, 2.24) is 9.88 Å². The quantitative estimate of drug-likeness (QED) is 0.770. The number of carbonyl (C=O) groups excluding carboxylic acids is 1. The Hall–Kier alpha value is -1.42. The largest absolute Gasteiger partial charge is 0.314 e. The molecule has 0 aromatic carbocycles. The number of amides is 1. The zero-order valence-electron chi connectivity index (χ0n) is 10.3. The van der Waals surface area contributed by atoms with Gasteiger partial charge in [-0.3, -0.25) is 14.7 Å². The number of likely N-dealkylation sites (N-methyl/N-ethyl adjacent to an activating group) is 2. The van der Waals surface area contributed by atoms with Crippen LogP contribution in [0.15, 0.2) is 24.5 Å². The van der Waals surface area contributed by atoms with Gasteiger partial charge in [0.2, 0.25) is 5.91 Å². The van der Waals surface area contributed by atoms with E-state index in [9.17, 15) is 4.79 Å². The fraction of sp³-hybridized carbons (Fsp3) is 0.500. The van der Waals surface area contributed by atoms with Crippen LogP contribution in [0.5, 0.6) is 0 Å². The molecule has 1 aromatic rings. The van der Waals surface area contributed by atoms with E-state index in [1.807, 2.05) is 24.1 Å². The molecule has 0 atom stereocenters. The summed E-state index contributed by atoms with van der Waals surface area (Å²) < 4.78 is 0. The molecule has 16 heavy (non-hydrogen) atoms. The number of pyridine rings is 1. The lowest BCUT2D eigenvalue weighted by molar-refractivity contribution is -0.119. The van der Waals surface area contributed by atoms with Gasteiger partial charge in [0.1, 0.15) is 0 Å². The number of aromatic nitrogens is 1. The van der Waals surface area contributed by atoms with E-state index in [-0.39, 0.29) is 5.91 Å². The van der Waals surface area contributed by atoms with E-state index < -0.39 is 0 Å². The number of nitrogens with zero attached hydrogens (tertiary/aromatic N) is 3. The Bertz CT molecular complexity index is 337. The van der Waals surface area contributed by atoms with Gasteiger partial charge >= 0.3 is 0 Å². The van der Waals surface area contributed by atoms with Crippen molar-refractivity contribution in [1.29, 1.82) is 0 Å². The highest BCUT2D eigenvalue weighted by molar-refractivity contribution is 5.94. The predicted octanol–water partition coefficient (Wildman–Crippen LogP) is 1.38. The molecule has 1 rings (SSSR count). The third-order valence-electron chi connectivity index (χ3n) is 2.69. The van der Waals surface area contributed by atoms with Gasteiger partial charge < -0.3 is 4.90 Å². The van der Waals surface area contributed by atoms with Gasteiger partial charge in [-0.15, -0.1) is 0 Å². The van der Waals surface area contributed by atoms with Gasteiger partial charge in [0, 0.05) is 31.2 Å². The Morgan fingerprint density at radius 1 is 1.31 bits per heavy atom. The highest BCUT2D eigenvalue weighted by Gasteiger charge is 2.14. The first kappa shape index (κ1) is 12.6. The average molecular weight is 221 g/mol. The summed E-state index contributed by atoms with van der Waals surface area (Å²) in [4.78, 5) is 19.5. The summed E-state index contributed by atoms with van der Waals surface area (Å²) >= 11 is 0. The summed E-state index contributed by atoms with van der Waals surface area (Å²) in [5.41, 5.74) is 0.872. The van der Waals surface area contributed by atoms with Crippen LogP contribution in [0.2, 0.25) is 0 Å². The zero-order valence-corrected chi connectivity index (χ0v) is 10.3. The van der Waals surface area contributed by atoms with Gasteiger partial charge in [-0.1, -0.05) is 0 Å². The molecular formula is C12H19N3O. The highest BCUT2D eigenvalue weighted by atomic mass is 16.2. The molecule has 0 radical (unpaired) electrons. The minimum atomic E-state index is 0.0856. The van der Waals surface area contributed by atoms with Crippen LogP contribution in [0.3, 0.4) is 0 Å². The maximum Gasteiger partial charge on any atom is 0.240 e. The standard InChI is InChI=1S/C12H19N3O/c1-10(2)14(3)9-12(16)15(4)11-5-7-13-8-6-11/h5-8,10H,9H2,1-4H3. The number of hydrogen-bond donors (Lipinski definition) is 0. The van der Waals surface area contributed by atoms with Gasteiger partial charge in [-0.05, 0) is 33.0 Å². The number of anilines is 1. The predicted molar refractivity (Wildman–Crippen MR) is 65.4 cm³/mol. The highest BCUT2D eigenvalue weighted by Crippen LogP contribution is 2.10. The minimum absolute atomic E-state index is 0.0856.